The molecule has 7 heteroatoms. The zero-order valence-corrected chi connectivity index (χ0v) is 11.0. The average molecular weight is 258 g/mol. The van der Waals surface area contributed by atoms with Gasteiger partial charge < -0.3 is 20.9 Å². The smallest absolute Gasteiger partial charge is 0.242 e. The monoisotopic (exact) mass is 258 g/mol. The molecule has 0 aliphatic carbocycles. The largest absolute Gasteiger partial charge is 0.479 e. The summed E-state index contributed by atoms with van der Waals surface area (Å²) in [5.41, 5.74) is 6.22. The summed E-state index contributed by atoms with van der Waals surface area (Å²) in [5.74, 6) is 0.872. The molecule has 0 aliphatic heterocycles. The number of nitrogen functional groups attached to an aromatic ring is 1. The summed E-state index contributed by atoms with van der Waals surface area (Å²) in [7, 11) is 1.50. The van der Waals surface area contributed by atoms with Gasteiger partial charge in [0.15, 0.2) is 5.82 Å². The van der Waals surface area contributed by atoms with Crippen LogP contribution < -0.4 is 15.8 Å². The van der Waals surface area contributed by atoms with Crippen LogP contribution in [-0.4, -0.2) is 46.3 Å². The normalized spacial score (nSPS) is 14.1. The minimum atomic E-state index is 0.0388. The van der Waals surface area contributed by atoms with E-state index in [0.29, 0.717) is 17.4 Å². The molecule has 0 bridgehead atoms. The van der Waals surface area contributed by atoms with Crippen LogP contribution in [0.3, 0.4) is 0 Å². The number of hydrogen-bond acceptors (Lipinski definition) is 7. The van der Waals surface area contributed by atoms with E-state index >= 15 is 0 Å². The lowest BCUT2D eigenvalue weighted by atomic mass is 10.2. The molecule has 4 N–H and O–H groups in total. The third kappa shape index (κ3) is 3.37. The number of aliphatic hydroxyl groups excluding tert-OH is 1. The molecule has 1 aromatic rings. The van der Waals surface area contributed by atoms with Crippen LogP contribution in [0, 0.1) is 0 Å². The number of methoxy groups -OCH3 is 1. The van der Waals surface area contributed by atoms with Crippen LogP contribution in [0.1, 0.15) is 6.92 Å². The SMILES string of the molecule is COc1ncnc(NC(C)C(CO)SC)c1N. The summed E-state index contributed by atoms with van der Waals surface area (Å²) in [6, 6.07) is 0.0388. The minimum Gasteiger partial charge on any atom is -0.479 e. The molecule has 0 spiro atoms. The number of nitrogens with one attached hydrogen (secondary N) is 1. The van der Waals surface area contributed by atoms with Crippen molar-refractivity contribution < 1.29 is 9.84 Å². The van der Waals surface area contributed by atoms with Gasteiger partial charge in [0.1, 0.15) is 12.0 Å². The molecule has 1 rings (SSSR count). The van der Waals surface area contributed by atoms with E-state index in [-0.39, 0.29) is 17.9 Å². The zero-order valence-electron chi connectivity index (χ0n) is 10.2. The number of aromatic nitrogens is 2. The third-order valence-corrected chi connectivity index (χ3v) is 3.61. The van der Waals surface area contributed by atoms with Crippen LogP contribution in [-0.2, 0) is 0 Å². The number of aliphatic hydroxyl groups is 1. The molecule has 0 aliphatic rings. The maximum atomic E-state index is 9.19. The summed E-state index contributed by atoms with van der Waals surface area (Å²) in [6.45, 7) is 2.06. The standard InChI is InChI=1S/C10H18N4O2S/c1-6(7(4-15)17-3)14-9-8(11)10(16-2)13-5-12-9/h5-7,15H,4,11H2,1-3H3,(H,12,13,14). The van der Waals surface area contributed by atoms with Crippen LogP contribution in [0.2, 0.25) is 0 Å². The van der Waals surface area contributed by atoms with Crippen molar-refractivity contribution in [2.75, 3.05) is 31.0 Å². The Kier molecular flexibility index (Phi) is 5.30. The molecule has 2 atom stereocenters. The van der Waals surface area contributed by atoms with E-state index in [0.717, 1.165) is 0 Å². The van der Waals surface area contributed by atoms with E-state index in [2.05, 4.69) is 15.3 Å². The van der Waals surface area contributed by atoms with Gasteiger partial charge in [-0.05, 0) is 13.2 Å². The number of nitrogens with two attached hydrogens (primary N) is 1. The molecule has 2 unspecified atom stereocenters. The highest BCUT2D eigenvalue weighted by Gasteiger charge is 2.17. The van der Waals surface area contributed by atoms with Crippen molar-refractivity contribution >= 4 is 23.3 Å². The van der Waals surface area contributed by atoms with E-state index < -0.39 is 0 Å². The van der Waals surface area contributed by atoms with Gasteiger partial charge in [0.2, 0.25) is 5.88 Å². The maximum Gasteiger partial charge on any atom is 0.242 e. The molecular formula is C10H18N4O2S. The molecule has 17 heavy (non-hydrogen) atoms. The van der Waals surface area contributed by atoms with Crippen molar-refractivity contribution in [3.63, 3.8) is 0 Å². The Labute approximate surface area is 105 Å². The Morgan fingerprint density at radius 3 is 2.82 bits per heavy atom. The van der Waals surface area contributed by atoms with Gasteiger partial charge in [-0.3, -0.25) is 0 Å². The van der Waals surface area contributed by atoms with Gasteiger partial charge in [0.05, 0.1) is 13.7 Å². The molecule has 6 nitrogen and oxygen atoms in total. The number of nitrogens with zero attached hydrogens (tertiary/aromatic N) is 2. The zero-order chi connectivity index (χ0) is 12.8. The highest BCUT2D eigenvalue weighted by molar-refractivity contribution is 7.99. The van der Waals surface area contributed by atoms with Crippen molar-refractivity contribution in [3.8, 4) is 5.88 Å². The maximum absolute atomic E-state index is 9.19. The van der Waals surface area contributed by atoms with Gasteiger partial charge in [-0.15, -0.1) is 0 Å². The number of hydrogen-bond donors (Lipinski definition) is 3. The molecule has 96 valence electrons. The topological polar surface area (TPSA) is 93.3 Å². The fourth-order valence-electron chi connectivity index (χ4n) is 1.40. The Hall–Kier alpha value is -1.21. The number of ether oxygens (including phenoxy) is 1. The van der Waals surface area contributed by atoms with Crippen molar-refractivity contribution in [2.45, 2.75) is 18.2 Å². The molecule has 0 radical (unpaired) electrons. The summed E-state index contributed by atoms with van der Waals surface area (Å²) >= 11 is 1.59. The first-order valence-electron chi connectivity index (χ1n) is 5.18. The van der Waals surface area contributed by atoms with E-state index in [4.69, 9.17) is 10.5 Å². The lowest BCUT2D eigenvalue weighted by Gasteiger charge is -2.22. The molecule has 0 saturated carbocycles. The van der Waals surface area contributed by atoms with Crippen molar-refractivity contribution in [1.82, 2.24) is 9.97 Å². The van der Waals surface area contributed by atoms with Crippen LogP contribution >= 0.6 is 11.8 Å². The van der Waals surface area contributed by atoms with Crippen LogP contribution in [0.5, 0.6) is 5.88 Å². The Morgan fingerprint density at radius 2 is 2.29 bits per heavy atom. The van der Waals surface area contributed by atoms with Gasteiger partial charge in [-0.25, -0.2) is 4.98 Å². The van der Waals surface area contributed by atoms with E-state index in [1.165, 1.54) is 13.4 Å². The molecule has 0 saturated heterocycles. The predicted octanol–water partition coefficient (Wildman–Crippen LogP) is 0.592. The first-order valence-corrected chi connectivity index (χ1v) is 6.47. The Bertz CT molecular complexity index is 360. The molecule has 0 amide bonds. The van der Waals surface area contributed by atoms with Crippen LogP contribution in [0.15, 0.2) is 6.33 Å². The van der Waals surface area contributed by atoms with Crippen molar-refractivity contribution in [1.29, 1.82) is 0 Å². The van der Waals surface area contributed by atoms with Crippen molar-refractivity contribution in [2.24, 2.45) is 0 Å². The minimum absolute atomic E-state index is 0.0388. The van der Waals surface area contributed by atoms with Gasteiger partial charge in [0, 0.05) is 11.3 Å². The predicted molar refractivity (Wildman–Crippen MR) is 70.5 cm³/mol. The molecular weight excluding hydrogens is 240 g/mol. The van der Waals surface area contributed by atoms with Crippen LogP contribution in [0.4, 0.5) is 11.5 Å². The molecule has 1 aromatic heterocycles. The Morgan fingerprint density at radius 1 is 1.59 bits per heavy atom. The fourth-order valence-corrected chi connectivity index (χ4v) is 2.03. The summed E-state index contributed by atoms with van der Waals surface area (Å²) in [6.07, 6.45) is 3.33. The number of rotatable bonds is 6. The van der Waals surface area contributed by atoms with Gasteiger partial charge in [0.25, 0.3) is 0 Å². The van der Waals surface area contributed by atoms with E-state index in [1.54, 1.807) is 11.8 Å². The second-order valence-corrected chi connectivity index (χ2v) is 4.61. The van der Waals surface area contributed by atoms with Gasteiger partial charge in [-0.1, -0.05) is 0 Å². The molecule has 1 heterocycles. The first kappa shape index (κ1) is 13.9. The quantitative estimate of drug-likeness (QED) is 0.687. The second-order valence-electron chi connectivity index (χ2n) is 3.53. The lowest BCUT2D eigenvalue weighted by Crippen LogP contribution is -2.31. The second kappa shape index (κ2) is 6.51. The highest BCUT2D eigenvalue weighted by atomic mass is 32.2. The van der Waals surface area contributed by atoms with E-state index in [1.807, 2.05) is 13.2 Å². The van der Waals surface area contributed by atoms with Gasteiger partial charge in [-0.2, -0.15) is 16.7 Å². The van der Waals surface area contributed by atoms with Crippen molar-refractivity contribution in [3.05, 3.63) is 6.33 Å². The fraction of sp³-hybridized carbons (Fsp3) is 0.600. The van der Waals surface area contributed by atoms with Gasteiger partial charge >= 0.3 is 0 Å². The average Bonchev–Trinajstić information content (AvgIpc) is 2.33. The number of anilines is 2. The first-order chi connectivity index (χ1) is 8.13. The summed E-state index contributed by atoms with van der Waals surface area (Å²) in [5, 5.41) is 12.4. The van der Waals surface area contributed by atoms with E-state index in [9.17, 15) is 5.11 Å². The Balaban J connectivity index is 2.81. The lowest BCUT2D eigenvalue weighted by molar-refractivity contribution is 0.288. The summed E-state index contributed by atoms with van der Waals surface area (Å²) in [4.78, 5) is 7.96. The molecule has 0 aromatic carbocycles. The highest BCUT2D eigenvalue weighted by Crippen LogP contribution is 2.25. The third-order valence-electron chi connectivity index (χ3n) is 2.45. The molecule has 0 fully saturated rings. The van der Waals surface area contributed by atoms with Crippen LogP contribution in [0.25, 0.3) is 0 Å². The number of thioether (sulfide) groups is 1. The summed E-state index contributed by atoms with van der Waals surface area (Å²) < 4.78 is 5.01.